The summed E-state index contributed by atoms with van der Waals surface area (Å²) in [6, 6.07) is 19.4. The van der Waals surface area contributed by atoms with Crippen LogP contribution in [0.15, 0.2) is 71.4 Å². The van der Waals surface area contributed by atoms with Crippen molar-refractivity contribution in [2.24, 2.45) is 0 Å². The molecule has 130 valence electrons. The minimum Gasteiger partial charge on any atom is -0.383 e. The zero-order valence-corrected chi connectivity index (χ0v) is 15.5. The molecule has 4 aromatic rings. The second-order valence-corrected chi connectivity index (χ2v) is 7.95. The molecule has 0 aliphatic carbocycles. The minimum atomic E-state index is -0.603. The number of hydrogen-bond acceptors (Lipinski definition) is 4. The van der Waals surface area contributed by atoms with Gasteiger partial charge in [-0.1, -0.05) is 36.4 Å². The number of hydrogen-bond donors (Lipinski definition) is 2. The van der Waals surface area contributed by atoms with Crippen molar-refractivity contribution >= 4 is 39.4 Å². The van der Waals surface area contributed by atoms with Crippen LogP contribution in [0.25, 0.3) is 10.8 Å². The third kappa shape index (κ3) is 3.42. The number of aliphatic hydroxyl groups is 1. The monoisotopic (exact) mass is 379 g/mol. The van der Waals surface area contributed by atoms with E-state index in [1.54, 1.807) is 11.3 Å². The normalized spacial score (nSPS) is 12.2. The van der Waals surface area contributed by atoms with Crippen LogP contribution < -0.4 is 5.32 Å². The molecule has 2 aromatic carbocycles. The summed E-state index contributed by atoms with van der Waals surface area (Å²) in [4.78, 5) is 14.5. The van der Waals surface area contributed by atoms with Gasteiger partial charge in [0.15, 0.2) is 0 Å². The quantitative estimate of drug-likeness (QED) is 0.514. The molecule has 3 nitrogen and oxygen atoms in total. The van der Waals surface area contributed by atoms with Gasteiger partial charge in [0, 0.05) is 15.3 Å². The Morgan fingerprint density at radius 1 is 1.04 bits per heavy atom. The zero-order valence-electron chi connectivity index (χ0n) is 13.9. The van der Waals surface area contributed by atoms with Gasteiger partial charge >= 0.3 is 0 Å². The fourth-order valence-corrected chi connectivity index (χ4v) is 4.56. The number of nitrogens with one attached hydrogen (secondary N) is 1. The SMILES string of the molecule is O=C(NCc1ccc([C@@H](O)c2ccsc2)s1)c1cccc2ccccc12. The minimum absolute atomic E-state index is 0.0878. The molecule has 0 spiro atoms. The van der Waals surface area contributed by atoms with E-state index in [4.69, 9.17) is 0 Å². The lowest BCUT2D eigenvalue weighted by atomic mass is 10.0. The molecule has 0 fully saturated rings. The summed E-state index contributed by atoms with van der Waals surface area (Å²) >= 11 is 3.09. The van der Waals surface area contributed by atoms with Crippen molar-refractivity contribution in [3.05, 3.63) is 92.3 Å². The van der Waals surface area contributed by atoms with Gasteiger partial charge in [0.1, 0.15) is 6.10 Å². The maximum Gasteiger partial charge on any atom is 0.252 e. The number of rotatable bonds is 5. The lowest BCUT2D eigenvalue weighted by Gasteiger charge is -2.08. The molecule has 1 amide bonds. The summed E-state index contributed by atoms with van der Waals surface area (Å²) in [5.74, 6) is -0.0878. The van der Waals surface area contributed by atoms with Crippen LogP contribution in [0.4, 0.5) is 0 Å². The molecule has 2 heterocycles. The molecule has 0 aliphatic heterocycles. The maximum atomic E-state index is 12.6. The Labute approximate surface area is 159 Å². The van der Waals surface area contributed by atoms with Gasteiger partial charge in [0.05, 0.1) is 6.54 Å². The summed E-state index contributed by atoms with van der Waals surface area (Å²) in [5.41, 5.74) is 1.58. The Kier molecular flexibility index (Phi) is 4.84. The van der Waals surface area contributed by atoms with E-state index >= 15 is 0 Å². The molecule has 2 N–H and O–H groups in total. The van der Waals surface area contributed by atoms with Crippen molar-refractivity contribution in [2.75, 3.05) is 0 Å². The van der Waals surface area contributed by atoms with Crippen LogP contribution in [-0.4, -0.2) is 11.0 Å². The number of thiophene rings is 2. The largest absolute Gasteiger partial charge is 0.383 e. The topological polar surface area (TPSA) is 49.3 Å². The third-order valence-electron chi connectivity index (χ3n) is 4.27. The molecule has 0 bridgehead atoms. The van der Waals surface area contributed by atoms with Crippen molar-refractivity contribution in [3.8, 4) is 0 Å². The molecular formula is C21H17NO2S2. The van der Waals surface area contributed by atoms with Crippen LogP contribution in [0.2, 0.25) is 0 Å². The molecule has 2 aromatic heterocycles. The number of benzene rings is 2. The fourth-order valence-electron chi connectivity index (χ4n) is 2.92. The van der Waals surface area contributed by atoms with E-state index in [-0.39, 0.29) is 5.91 Å². The predicted octanol–water partition coefficient (Wildman–Crippen LogP) is 4.97. The second kappa shape index (κ2) is 7.41. The molecule has 0 saturated heterocycles. The highest BCUT2D eigenvalue weighted by Gasteiger charge is 2.14. The molecule has 1 atom stereocenters. The van der Waals surface area contributed by atoms with Gasteiger partial charge in [0.2, 0.25) is 0 Å². The first-order valence-corrected chi connectivity index (χ1v) is 10.0. The smallest absolute Gasteiger partial charge is 0.252 e. The van der Waals surface area contributed by atoms with E-state index in [0.717, 1.165) is 26.1 Å². The van der Waals surface area contributed by atoms with Gasteiger partial charge in [-0.25, -0.2) is 0 Å². The van der Waals surface area contributed by atoms with Gasteiger partial charge in [-0.2, -0.15) is 11.3 Å². The standard InChI is InChI=1S/C21H17NO2S2/c23-20(15-10-11-25-13-15)19-9-8-16(26-19)12-22-21(24)18-7-3-5-14-4-1-2-6-17(14)18/h1-11,13,20,23H,12H2,(H,22,24)/t20-/m0/s1. The molecule has 0 unspecified atom stereocenters. The van der Waals surface area contributed by atoms with Gasteiger partial charge < -0.3 is 10.4 Å². The number of aliphatic hydroxyl groups excluding tert-OH is 1. The highest BCUT2D eigenvalue weighted by atomic mass is 32.1. The number of fused-ring (bicyclic) bond motifs is 1. The predicted molar refractivity (Wildman–Crippen MR) is 108 cm³/mol. The molecule has 0 aliphatic rings. The Balaban J connectivity index is 1.46. The average Bonchev–Trinajstić information content (AvgIpc) is 3.37. The molecule has 0 saturated carbocycles. The maximum absolute atomic E-state index is 12.6. The Morgan fingerprint density at radius 2 is 1.88 bits per heavy atom. The van der Waals surface area contributed by atoms with E-state index in [2.05, 4.69) is 5.32 Å². The lowest BCUT2D eigenvalue weighted by molar-refractivity contribution is 0.0953. The van der Waals surface area contributed by atoms with Gasteiger partial charge in [-0.05, 0) is 51.4 Å². The van der Waals surface area contributed by atoms with Crippen LogP contribution in [0, 0.1) is 0 Å². The van der Waals surface area contributed by atoms with Crippen molar-refractivity contribution < 1.29 is 9.90 Å². The molecular weight excluding hydrogens is 362 g/mol. The van der Waals surface area contributed by atoms with Crippen molar-refractivity contribution in [2.45, 2.75) is 12.6 Å². The Morgan fingerprint density at radius 3 is 2.73 bits per heavy atom. The van der Waals surface area contributed by atoms with Crippen LogP contribution in [0.5, 0.6) is 0 Å². The number of amides is 1. The van der Waals surface area contributed by atoms with E-state index in [9.17, 15) is 9.90 Å². The summed E-state index contributed by atoms with van der Waals surface area (Å²) in [6.07, 6.45) is -0.603. The Hall–Kier alpha value is -2.47. The fraction of sp³-hybridized carbons (Fsp3) is 0.0952. The first-order valence-electron chi connectivity index (χ1n) is 8.27. The van der Waals surface area contributed by atoms with Crippen LogP contribution in [0.3, 0.4) is 0 Å². The van der Waals surface area contributed by atoms with Crippen LogP contribution in [-0.2, 0) is 6.54 Å². The van der Waals surface area contributed by atoms with Crippen LogP contribution in [0.1, 0.15) is 31.8 Å². The van der Waals surface area contributed by atoms with Gasteiger partial charge in [-0.3, -0.25) is 4.79 Å². The van der Waals surface area contributed by atoms with Crippen molar-refractivity contribution in [1.29, 1.82) is 0 Å². The first-order chi connectivity index (χ1) is 12.7. The van der Waals surface area contributed by atoms with Gasteiger partial charge in [0.25, 0.3) is 5.91 Å². The zero-order chi connectivity index (χ0) is 17.9. The van der Waals surface area contributed by atoms with E-state index in [0.29, 0.717) is 12.1 Å². The third-order valence-corrected chi connectivity index (χ3v) is 6.11. The summed E-state index contributed by atoms with van der Waals surface area (Å²) in [5, 5.41) is 19.3. The highest BCUT2D eigenvalue weighted by Crippen LogP contribution is 2.29. The molecule has 4 rings (SSSR count). The molecule has 0 radical (unpaired) electrons. The summed E-state index contributed by atoms with van der Waals surface area (Å²) in [7, 11) is 0. The molecule has 26 heavy (non-hydrogen) atoms. The number of carbonyl (C=O) groups is 1. The lowest BCUT2D eigenvalue weighted by Crippen LogP contribution is -2.22. The van der Waals surface area contributed by atoms with Crippen LogP contribution >= 0.6 is 22.7 Å². The molecule has 5 heteroatoms. The van der Waals surface area contributed by atoms with Gasteiger partial charge in [-0.15, -0.1) is 11.3 Å². The second-order valence-electron chi connectivity index (χ2n) is 5.97. The Bertz CT molecular complexity index is 1030. The average molecular weight is 380 g/mol. The van der Waals surface area contributed by atoms with Crippen molar-refractivity contribution in [3.63, 3.8) is 0 Å². The van der Waals surface area contributed by atoms with E-state index < -0.39 is 6.10 Å². The number of carbonyl (C=O) groups excluding carboxylic acids is 1. The van der Waals surface area contributed by atoms with E-state index in [1.807, 2.05) is 71.4 Å². The van der Waals surface area contributed by atoms with Crippen molar-refractivity contribution in [1.82, 2.24) is 5.32 Å². The van der Waals surface area contributed by atoms with E-state index in [1.165, 1.54) is 11.3 Å². The summed E-state index contributed by atoms with van der Waals surface area (Å²) < 4.78 is 0. The highest BCUT2D eigenvalue weighted by molar-refractivity contribution is 7.12. The summed E-state index contributed by atoms with van der Waals surface area (Å²) in [6.45, 7) is 0.447. The first kappa shape index (κ1) is 17.0.